The summed E-state index contributed by atoms with van der Waals surface area (Å²) in [6.45, 7) is 5.07. The van der Waals surface area contributed by atoms with Crippen molar-refractivity contribution in [2.75, 3.05) is 35.1 Å². The van der Waals surface area contributed by atoms with E-state index in [1.54, 1.807) is 24.3 Å². The van der Waals surface area contributed by atoms with Gasteiger partial charge in [-0.15, -0.1) is 23.2 Å². The molecule has 0 saturated carbocycles. The fourth-order valence-electron chi connectivity index (χ4n) is 3.38. The Balaban J connectivity index is 1.89. The van der Waals surface area contributed by atoms with Gasteiger partial charge in [0.25, 0.3) is 0 Å². The SMILES string of the molecule is Cc1cc(C)cc(NC(=O)CC[C@H](NC(=O)Oc2ccc(N(CCCl)CCCl)cc2)C(=O)O)c1. The summed E-state index contributed by atoms with van der Waals surface area (Å²) in [5.41, 5.74) is 3.51. The highest BCUT2D eigenvalue weighted by Gasteiger charge is 2.22. The molecule has 1 atom stereocenters. The van der Waals surface area contributed by atoms with E-state index in [2.05, 4.69) is 10.6 Å². The summed E-state index contributed by atoms with van der Waals surface area (Å²) in [6.07, 6.45) is -1.10. The minimum absolute atomic E-state index is 0.0874. The van der Waals surface area contributed by atoms with E-state index < -0.39 is 18.1 Å². The maximum atomic E-state index is 12.3. The molecular weight excluding hydrogens is 481 g/mol. The molecule has 0 heterocycles. The number of carbonyl (C=O) groups excluding carboxylic acids is 2. The molecule has 34 heavy (non-hydrogen) atoms. The van der Waals surface area contributed by atoms with E-state index in [0.29, 0.717) is 30.5 Å². The van der Waals surface area contributed by atoms with Crippen LogP contribution in [0, 0.1) is 13.8 Å². The van der Waals surface area contributed by atoms with Gasteiger partial charge in [-0.1, -0.05) is 6.07 Å². The Kier molecular flexibility index (Phi) is 11.0. The third kappa shape index (κ3) is 9.11. The van der Waals surface area contributed by atoms with E-state index in [4.69, 9.17) is 27.9 Å². The number of carboxylic acids is 1. The van der Waals surface area contributed by atoms with E-state index in [0.717, 1.165) is 16.8 Å². The monoisotopic (exact) mass is 509 g/mol. The van der Waals surface area contributed by atoms with Gasteiger partial charge in [-0.05, 0) is 67.8 Å². The number of rotatable bonds is 12. The zero-order chi connectivity index (χ0) is 25.1. The van der Waals surface area contributed by atoms with Crippen molar-refractivity contribution in [1.29, 1.82) is 0 Å². The molecule has 2 aromatic rings. The summed E-state index contributed by atoms with van der Waals surface area (Å²) in [7, 11) is 0. The lowest BCUT2D eigenvalue weighted by Crippen LogP contribution is -2.42. The van der Waals surface area contributed by atoms with Gasteiger partial charge in [-0.2, -0.15) is 0 Å². The Morgan fingerprint density at radius 3 is 2.12 bits per heavy atom. The van der Waals surface area contributed by atoms with Gasteiger partial charge in [0.15, 0.2) is 0 Å². The Bertz CT molecular complexity index is 959. The highest BCUT2D eigenvalue weighted by molar-refractivity contribution is 6.18. The fourth-order valence-corrected chi connectivity index (χ4v) is 3.79. The summed E-state index contributed by atoms with van der Waals surface area (Å²) in [6, 6.07) is 11.1. The number of aryl methyl sites for hydroxylation is 2. The number of hydrogen-bond acceptors (Lipinski definition) is 5. The lowest BCUT2D eigenvalue weighted by molar-refractivity contribution is -0.139. The van der Waals surface area contributed by atoms with Gasteiger partial charge in [-0.25, -0.2) is 9.59 Å². The predicted octanol–water partition coefficient (Wildman–Crippen LogP) is 4.55. The molecule has 0 aliphatic heterocycles. The number of halogens is 2. The largest absolute Gasteiger partial charge is 0.480 e. The molecule has 0 radical (unpaired) electrons. The van der Waals surface area contributed by atoms with Crippen LogP contribution in [0.1, 0.15) is 24.0 Å². The van der Waals surface area contributed by atoms with E-state index in [1.807, 2.05) is 36.9 Å². The summed E-state index contributed by atoms with van der Waals surface area (Å²) in [4.78, 5) is 38.0. The standard InChI is InChI=1S/C24H29Cl2N3O5/c1-16-13-17(2)15-18(14-16)27-22(30)8-7-21(23(31)32)28-24(33)34-20-5-3-19(4-6-20)29(11-9-25)12-10-26/h3-6,13-15,21H,7-12H2,1-2H3,(H,27,30)(H,28,33)(H,31,32)/t21-/m0/s1. The van der Waals surface area contributed by atoms with Crippen LogP contribution >= 0.6 is 23.2 Å². The van der Waals surface area contributed by atoms with Crippen molar-refractivity contribution in [2.24, 2.45) is 0 Å². The van der Waals surface area contributed by atoms with Crippen LogP contribution in [0.3, 0.4) is 0 Å². The van der Waals surface area contributed by atoms with Gasteiger partial charge in [0, 0.05) is 42.6 Å². The molecule has 0 fully saturated rings. The number of benzene rings is 2. The molecular formula is C24H29Cl2N3O5. The zero-order valence-corrected chi connectivity index (χ0v) is 20.7. The molecule has 2 rings (SSSR count). The average molecular weight is 510 g/mol. The number of anilines is 2. The number of alkyl halides is 2. The molecule has 0 aliphatic carbocycles. The van der Waals surface area contributed by atoms with Gasteiger partial charge < -0.3 is 25.4 Å². The van der Waals surface area contributed by atoms with E-state index in [1.165, 1.54) is 0 Å². The van der Waals surface area contributed by atoms with Gasteiger partial charge in [-0.3, -0.25) is 4.79 Å². The highest BCUT2D eigenvalue weighted by atomic mass is 35.5. The normalized spacial score (nSPS) is 11.4. The zero-order valence-electron chi connectivity index (χ0n) is 19.1. The second-order valence-corrected chi connectivity index (χ2v) is 8.50. The number of carboxylic acid groups (broad SMARTS) is 1. The van der Waals surface area contributed by atoms with E-state index in [9.17, 15) is 19.5 Å². The van der Waals surface area contributed by atoms with Crippen LogP contribution in [0.15, 0.2) is 42.5 Å². The molecule has 8 nitrogen and oxygen atoms in total. The molecule has 2 amide bonds. The third-order valence-corrected chi connectivity index (χ3v) is 5.22. The first-order valence-corrected chi connectivity index (χ1v) is 11.8. The molecule has 0 aromatic heterocycles. The van der Waals surface area contributed by atoms with Crippen molar-refractivity contribution in [3.63, 3.8) is 0 Å². The van der Waals surface area contributed by atoms with Crippen molar-refractivity contribution in [3.8, 4) is 5.75 Å². The Morgan fingerprint density at radius 2 is 1.59 bits per heavy atom. The lowest BCUT2D eigenvalue weighted by Gasteiger charge is -2.23. The van der Waals surface area contributed by atoms with Gasteiger partial charge in [0.05, 0.1) is 0 Å². The molecule has 10 heteroatoms. The number of ether oxygens (including phenoxy) is 1. The fraction of sp³-hybridized carbons (Fsp3) is 0.375. The van der Waals surface area contributed by atoms with Gasteiger partial charge in [0.1, 0.15) is 11.8 Å². The molecule has 3 N–H and O–H groups in total. The number of nitrogens with zero attached hydrogens (tertiary/aromatic N) is 1. The number of aliphatic carboxylic acids is 1. The first-order valence-electron chi connectivity index (χ1n) is 10.8. The van der Waals surface area contributed by atoms with Crippen LogP contribution in [-0.4, -0.2) is 54.0 Å². The first kappa shape index (κ1) is 27.3. The van der Waals surface area contributed by atoms with Gasteiger partial charge in [0.2, 0.25) is 5.91 Å². The van der Waals surface area contributed by atoms with Crippen molar-refractivity contribution in [2.45, 2.75) is 32.7 Å². The van der Waals surface area contributed by atoms with Crippen LogP contribution in [0.25, 0.3) is 0 Å². The van der Waals surface area contributed by atoms with Crippen LogP contribution in [0.5, 0.6) is 5.75 Å². The Hall–Kier alpha value is -2.97. The molecule has 184 valence electrons. The van der Waals surface area contributed by atoms with Crippen molar-refractivity contribution in [3.05, 3.63) is 53.6 Å². The summed E-state index contributed by atoms with van der Waals surface area (Å²) in [5, 5.41) is 14.5. The average Bonchev–Trinajstić information content (AvgIpc) is 2.76. The Labute approximate surface area is 209 Å². The maximum Gasteiger partial charge on any atom is 0.413 e. The minimum atomic E-state index is -1.28. The smallest absolute Gasteiger partial charge is 0.413 e. The summed E-state index contributed by atoms with van der Waals surface area (Å²) in [5.74, 6) is -0.479. The second kappa shape index (κ2) is 13.7. The Morgan fingerprint density at radius 1 is 1.00 bits per heavy atom. The molecule has 0 spiro atoms. The first-order chi connectivity index (χ1) is 16.2. The van der Waals surface area contributed by atoms with Crippen molar-refractivity contribution < 1.29 is 24.2 Å². The van der Waals surface area contributed by atoms with Crippen LogP contribution in [-0.2, 0) is 9.59 Å². The van der Waals surface area contributed by atoms with Crippen molar-refractivity contribution in [1.82, 2.24) is 5.32 Å². The number of carbonyl (C=O) groups is 3. The number of amides is 2. The van der Waals surface area contributed by atoms with Crippen molar-refractivity contribution >= 4 is 52.5 Å². The van der Waals surface area contributed by atoms with Crippen LogP contribution in [0.2, 0.25) is 0 Å². The maximum absolute atomic E-state index is 12.3. The molecule has 0 unspecified atom stereocenters. The molecule has 0 saturated heterocycles. The van der Waals surface area contributed by atoms with E-state index in [-0.39, 0.29) is 24.5 Å². The second-order valence-electron chi connectivity index (χ2n) is 7.75. The minimum Gasteiger partial charge on any atom is -0.480 e. The van der Waals surface area contributed by atoms with Crippen LogP contribution < -0.4 is 20.3 Å². The number of hydrogen-bond donors (Lipinski definition) is 3. The molecule has 0 bridgehead atoms. The third-order valence-electron chi connectivity index (χ3n) is 4.88. The molecule has 2 aromatic carbocycles. The van der Waals surface area contributed by atoms with Gasteiger partial charge >= 0.3 is 12.1 Å². The lowest BCUT2D eigenvalue weighted by atomic mass is 10.1. The summed E-state index contributed by atoms with van der Waals surface area (Å²) >= 11 is 11.6. The van der Waals surface area contributed by atoms with Crippen LogP contribution in [0.4, 0.5) is 16.2 Å². The predicted molar refractivity (Wildman–Crippen MR) is 134 cm³/mol. The highest BCUT2D eigenvalue weighted by Crippen LogP contribution is 2.20. The quantitative estimate of drug-likeness (QED) is 0.362. The van der Waals surface area contributed by atoms with E-state index >= 15 is 0 Å². The summed E-state index contributed by atoms with van der Waals surface area (Å²) < 4.78 is 5.19. The molecule has 0 aliphatic rings. The number of nitrogens with one attached hydrogen (secondary N) is 2. The topological polar surface area (TPSA) is 108 Å².